The lowest BCUT2D eigenvalue weighted by Gasteiger charge is -2.26. The van der Waals surface area contributed by atoms with Crippen molar-refractivity contribution in [3.8, 4) is 5.75 Å². The summed E-state index contributed by atoms with van der Waals surface area (Å²) in [5.74, 6) is -1.70. The summed E-state index contributed by atoms with van der Waals surface area (Å²) in [5.41, 5.74) is 3.39. The molecular weight excluding hydrogens is 482 g/mol. The van der Waals surface area contributed by atoms with Crippen LogP contribution < -0.4 is 9.64 Å². The Kier molecular flexibility index (Phi) is 7.14. The van der Waals surface area contributed by atoms with Gasteiger partial charge in [0, 0.05) is 11.3 Å². The fourth-order valence-electron chi connectivity index (χ4n) is 4.57. The van der Waals surface area contributed by atoms with Gasteiger partial charge in [0.05, 0.1) is 31.4 Å². The molecule has 1 aliphatic rings. The molecule has 1 unspecified atom stereocenters. The van der Waals surface area contributed by atoms with Crippen LogP contribution in [0.3, 0.4) is 0 Å². The lowest BCUT2D eigenvalue weighted by Crippen LogP contribution is -2.29. The van der Waals surface area contributed by atoms with Crippen LogP contribution in [0, 0.1) is 6.92 Å². The van der Waals surface area contributed by atoms with Crippen molar-refractivity contribution in [2.45, 2.75) is 39.2 Å². The van der Waals surface area contributed by atoms with Crippen LogP contribution in [0.5, 0.6) is 5.75 Å². The van der Waals surface area contributed by atoms with Gasteiger partial charge in [0.1, 0.15) is 11.5 Å². The maximum Gasteiger partial charge on any atom is 0.337 e. The summed E-state index contributed by atoms with van der Waals surface area (Å²) in [6.45, 7) is 8.05. The predicted molar refractivity (Wildman–Crippen MR) is 145 cm³/mol. The zero-order valence-electron chi connectivity index (χ0n) is 22.4. The number of carbonyl (C=O) groups excluding carboxylic acids is 3. The van der Waals surface area contributed by atoms with E-state index in [0.717, 1.165) is 11.1 Å². The summed E-state index contributed by atoms with van der Waals surface area (Å²) in [5, 5.41) is 11.6. The third-order valence-corrected chi connectivity index (χ3v) is 6.80. The van der Waals surface area contributed by atoms with E-state index in [1.165, 1.54) is 24.1 Å². The Balaban J connectivity index is 1.93. The van der Waals surface area contributed by atoms with E-state index >= 15 is 0 Å². The van der Waals surface area contributed by atoms with Gasteiger partial charge >= 0.3 is 5.97 Å². The van der Waals surface area contributed by atoms with Crippen LogP contribution in [0.1, 0.15) is 59.4 Å². The van der Waals surface area contributed by atoms with E-state index in [9.17, 15) is 19.5 Å². The van der Waals surface area contributed by atoms with Crippen molar-refractivity contribution in [2.24, 2.45) is 0 Å². The lowest BCUT2D eigenvalue weighted by atomic mass is 9.84. The molecule has 0 radical (unpaired) electrons. The number of aliphatic hydroxyl groups excluding tert-OH is 1. The number of rotatable bonds is 5. The number of benzene rings is 3. The summed E-state index contributed by atoms with van der Waals surface area (Å²) in [6, 6.07) is 18.1. The molecule has 1 saturated heterocycles. The van der Waals surface area contributed by atoms with Gasteiger partial charge in [0.25, 0.3) is 11.7 Å². The van der Waals surface area contributed by atoms with Gasteiger partial charge in [-0.1, -0.05) is 45.0 Å². The van der Waals surface area contributed by atoms with Crippen molar-refractivity contribution < 1.29 is 29.0 Å². The number of aryl methyl sites for hydroxylation is 1. The van der Waals surface area contributed by atoms with E-state index in [1.807, 2.05) is 25.1 Å². The average Bonchev–Trinajstić information content (AvgIpc) is 3.17. The van der Waals surface area contributed by atoms with Crippen molar-refractivity contribution in [1.29, 1.82) is 0 Å². The maximum absolute atomic E-state index is 13.5. The van der Waals surface area contributed by atoms with Crippen molar-refractivity contribution in [3.63, 3.8) is 0 Å². The van der Waals surface area contributed by atoms with Crippen molar-refractivity contribution in [1.82, 2.24) is 0 Å². The first kappa shape index (κ1) is 26.7. The molecule has 0 spiro atoms. The second-order valence-corrected chi connectivity index (χ2v) is 10.3. The molecule has 1 N–H and O–H groups in total. The van der Waals surface area contributed by atoms with E-state index in [1.54, 1.807) is 43.5 Å². The zero-order valence-corrected chi connectivity index (χ0v) is 22.4. The molecule has 7 heteroatoms. The van der Waals surface area contributed by atoms with Gasteiger partial charge in [-0.3, -0.25) is 14.5 Å². The maximum atomic E-state index is 13.5. The second kappa shape index (κ2) is 10.2. The second-order valence-electron chi connectivity index (χ2n) is 10.3. The van der Waals surface area contributed by atoms with E-state index in [2.05, 4.69) is 20.8 Å². The highest BCUT2D eigenvalue weighted by Gasteiger charge is 2.47. The van der Waals surface area contributed by atoms with Gasteiger partial charge < -0.3 is 14.6 Å². The molecule has 3 aromatic rings. The first-order valence-corrected chi connectivity index (χ1v) is 12.2. The Labute approximate surface area is 222 Å². The van der Waals surface area contributed by atoms with Crippen molar-refractivity contribution >= 4 is 29.1 Å². The highest BCUT2D eigenvalue weighted by atomic mass is 16.5. The molecule has 1 aliphatic heterocycles. The summed E-state index contributed by atoms with van der Waals surface area (Å²) >= 11 is 0. The number of ketones is 1. The van der Waals surface area contributed by atoms with Crippen LogP contribution >= 0.6 is 0 Å². The van der Waals surface area contributed by atoms with Gasteiger partial charge in [-0.25, -0.2) is 4.79 Å². The molecule has 1 fully saturated rings. The smallest absolute Gasteiger partial charge is 0.337 e. The van der Waals surface area contributed by atoms with Gasteiger partial charge in [0.2, 0.25) is 0 Å². The van der Waals surface area contributed by atoms with Crippen LogP contribution in [0.25, 0.3) is 5.76 Å². The van der Waals surface area contributed by atoms with Crippen molar-refractivity contribution in [2.75, 3.05) is 19.1 Å². The number of ether oxygens (including phenoxy) is 2. The van der Waals surface area contributed by atoms with Crippen LogP contribution in [0.15, 0.2) is 72.3 Å². The Morgan fingerprint density at radius 1 is 0.921 bits per heavy atom. The van der Waals surface area contributed by atoms with E-state index in [-0.39, 0.29) is 16.7 Å². The summed E-state index contributed by atoms with van der Waals surface area (Å²) in [7, 11) is 2.84. The van der Waals surface area contributed by atoms with Crippen LogP contribution in [0.2, 0.25) is 0 Å². The number of nitrogens with zero attached hydrogens (tertiary/aromatic N) is 1. The molecule has 38 heavy (non-hydrogen) atoms. The number of anilines is 1. The standard InChI is InChI=1S/C31H31NO6/c1-18-7-12-21(31(2,3)4)17-24(18)27(33)25-26(19-10-15-23(37-5)16-11-19)32(29(35)28(25)34)22-13-8-20(9-14-22)30(36)38-6/h7-17,26,33H,1-6H3/b27-25+. The minimum Gasteiger partial charge on any atom is -0.507 e. The fraction of sp³-hybridized carbons (Fsp3) is 0.258. The number of amides is 1. The molecule has 0 saturated carbocycles. The number of esters is 1. The molecular formula is C31H31NO6. The monoisotopic (exact) mass is 513 g/mol. The number of Topliss-reactive ketones (excluding diaryl/α,β-unsaturated/α-hetero) is 1. The zero-order chi connectivity index (χ0) is 27.8. The molecule has 1 atom stereocenters. The minimum atomic E-state index is -0.900. The molecule has 1 amide bonds. The summed E-state index contributed by atoms with van der Waals surface area (Å²) in [6.07, 6.45) is 0. The Morgan fingerprint density at radius 2 is 1.55 bits per heavy atom. The first-order chi connectivity index (χ1) is 18.0. The van der Waals surface area contributed by atoms with E-state index < -0.39 is 23.7 Å². The lowest BCUT2D eigenvalue weighted by molar-refractivity contribution is -0.132. The Bertz CT molecular complexity index is 1430. The number of hydrogen-bond donors (Lipinski definition) is 1. The minimum absolute atomic E-state index is 0.00799. The highest BCUT2D eigenvalue weighted by molar-refractivity contribution is 6.51. The number of methoxy groups -OCH3 is 2. The predicted octanol–water partition coefficient (Wildman–Crippen LogP) is 5.71. The fourth-order valence-corrected chi connectivity index (χ4v) is 4.57. The van der Waals surface area contributed by atoms with E-state index in [4.69, 9.17) is 9.47 Å². The van der Waals surface area contributed by atoms with Crippen LogP contribution in [-0.4, -0.2) is 37.0 Å². The van der Waals surface area contributed by atoms with Crippen LogP contribution in [0.4, 0.5) is 5.69 Å². The van der Waals surface area contributed by atoms with Gasteiger partial charge in [-0.05, 0) is 71.5 Å². The molecule has 0 aliphatic carbocycles. The molecule has 0 bridgehead atoms. The molecule has 3 aromatic carbocycles. The molecule has 7 nitrogen and oxygen atoms in total. The average molecular weight is 514 g/mol. The SMILES string of the molecule is COC(=O)c1ccc(N2C(=O)C(=O)/C(=C(/O)c3cc(C(C)(C)C)ccc3C)C2c2ccc(OC)cc2)cc1. The topological polar surface area (TPSA) is 93.1 Å². The van der Waals surface area contributed by atoms with E-state index in [0.29, 0.717) is 28.1 Å². The van der Waals surface area contributed by atoms with Crippen LogP contribution in [-0.2, 0) is 19.7 Å². The van der Waals surface area contributed by atoms with Gasteiger partial charge in [0.15, 0.2) is 0 Å². The number of aliphatic hydroxyl groups is 1. The Hall–Kier alpha value is -4.39. The third kappa shape index (κ3) is 4.79. The Morgan fingerprint density at radius 3 is 2.11 bits per heavy atom. The van der Waals surface area contributed by atoms with Gasteiger partial charge in [-0.15, -0.1) is 0 Å². The molecule has 4 rings (SSSR count). The third-order valence-electron chi connectivity index (χ3n) is 6.80. The highest BCUT2D eigenvalue weighted by Crippen LogP contribution is 2.43. The molecule has 0 aromatic heterocycles. The number of carbonyl (C=O) groups is 3. The van der Waals surface area contributed by atoms with Crippen molar-refractivity contribution in [3.05, 3.63) is 100 Å². The van der Waals surface area contributed by atoms with Gasteiger partial charge in [-0.2, -0.15) is 0 Å². The molecule has 1 heterocycles. The molecule has 196 valence electrons. The summed E-state index contributed by atoms with van der Waals surface area (Å²) < 4.78 is 10.1. The summed E-state index contributed by atoms with van der Waals surface area (Å²) in [4.78, 5) is 40.3. The number of hydrogen-bond acceptors (Lipinski definition) is 6. The largest absolute Gasteiger partial charge is 0.507 e. The quantitative estimate of drug-likeness (QED) is 0.203. The normalized spacial score (nSPS) is 17.0. The first-order valence-electron chi connectivity index (χ1n) is 12.2.